The van der Waals surface area contributed by atoms with Crippen LogP contribution in [-0.4, -0.2) is 29.2 Å². The summed E-state index contributed by atoms with van der Waals surface area (Å²) in [6.07, 6.45) is 0. The second-order valence-corrected chi connectivity index (χ2v) is 5.81. The van der Waals surface area contributed by atoms with E-state index in [1.165, 1.54) is 31.4 Å². The fraction of sp³-hybridized carbons (Fsp3) is 0.158. The Kier molecular flexibility index (Phi) is 4.79. The number of aromatic nitrogens is 2. The highest BCUT2D eigenvalue weighted by Crippen LogP contribution is 2.22. The molecule has 0 saturated carbocycles. The van der Waals surface area contributed by atoms with Crippen molar-refractivity contribution in [2.24, 2.45) is 0 Å². The van der Waals surface area contributed by atoms with Gasteiger partial charge in [0.25, 0.3) is 5.91 Å². The molecule has 0 aliphatic heterocycles. The number of hydrogen-bond donors (Lipinski definition) is 1. The minimum Gasteiger partial charge on any atom is -0.465 e. The van der Waals surface area contributed by atoms with Gasteiger partial charge < -0.3 is 9.15 Å². The maximum atomic E-state index is 12.3. The minimum absolute atomic E-state index is 0.00111. The van der Waals surface area contributed by atoms with Crippen LogP contribution in [0.15, 0.2) is 46.9 Å². The molecule has 0 fully saturated rings. The number of anilines is 1. The summed E-state index contributed by atoms with van der Waals surface area (Å²) >= 11 is 0. The van der Waals surface area contributed by atoms with Crippen LogP contribution in [0.4, 0.5) is 6.01 Å². The molecule has 0 radical (unpaired) electrons. The van der Waals surface area contributed by atoms with Gasteiger partial charge in [0.1, 0.15) is 0 Å². The zero-order valence-electron chi connectivity index (χ0n) is 14.6. The predicted octanol–water partition coefficient (Wildman–Crippen LogP) is 3.39. The summed E-state index contributed by atoms with van der Waals surface area (Å²) in [7, 11) is 1.30. The van der Waals surface area contributed by atoms with E-state index in [4.69, 9.17) is 4.42 Å². The first kappa shape index (κ1) is 17.3. The molecule has 0 aliphatic rings. The Bertz CT molecular complexity index is 941. The normalized spacial score (nSPS) is 10.4. The molecule has 7 nitrogen and oxygen atoms in total. The van der Waals surface area contributed by atoms with Gasteiger partial charge in [0.05, 0.1) is 12.7 Å². The lowest BCUT2D eigenvalue weighted by Gasteiger charge is -2.03. The fourth-order valence-corrected chi connectivity index (χ4v) is 2.53. The lowest BCUT2D eigenvalue weighted by atomic mass is 10.1. The molecule has 0 saturated heterocycles. The number of nitrogens with one attached hydrogen (secondary N) is 1. The van der Waals surface area contributed by atoms with Crippen LogP contribution in [-0.2, 0) is 4.74 Å². The molecule has 0 bridgehead atoms. The average Bonchev–Trinajstić information content (AvgIpc) is 3.09. The Morgan fingerprint density at radius 2 is 1.58 bits per heavy atom. The average molecular weight is 351 g/mol. The molecule has 3 aromatic rings. The number of methoxy groups -OCH3 is 1. The number of amides is 1. The molecule has 0 spiro atoms. The lowest BCUT2D eigenvalue weighted by molar-refractivity contribution is 0.0600. The van der Waals surface area contributed by atoms with Crippen molar-refractivity contribution < 1.29 is 18.7 Å². The highest BCUT2D eigenvalue weighted by Gasteiger charge is 2.14. The predicted molar refractivity (Wildman–Crippen MR) is 94.9 cm³/mol. The van der Waals surface area contributed by atoms with Crippen molar-refractivity contribution in [3.8, 4) is 11.5 Å². The van der Waals surface area contributed by atoms with Crippen molar-refractivity contribution in [2.45, 2.75) is 13.8 Å². The lowest BCUT2D eigenvalue weighted by Crippen LogP contribution is -2.12. The van der Waals surface area contributed by atoms with Gasteiger partial charge in [-0.2, -0.15) is 0 Å². The summed E-state index contributed by atoms with van der Waals surface area (Å²) in [4.78, 5) is 23.7. The Labute approximate surface area is 150 Å². The molecule has 3 rings (SSSR count). The molecule has 0 unspecified atom stereocenters. The van der Waals surface area contributed by atoms with Gasteiger partial charge in [-0.3, -0.25) is 10.1 Å². The summed E-state index contributed by atoms with van der Waals surface area (Å²) in [6, 6.07) is 12.0. The van der Waals surface area contributed by atoms with E-state index in [2.05, 4.69) is 20.3 Å². The van der Waals surface area contributed by atoms with Crippen LogP contribution < -0.4 is 5.32 Å². The highest BCUT2D eigenvalue weighted by molar-refractivity contribution is 6.03. The zero-order valence-corrected chi connectivity index (χ0v) is 14.6. The van der Waals surface area contributed by atoms with Crippen molar-refractivity contribution in [3.05, 3.63) is 64.7 Å². The van der Waals surface area contributed by atoms with E-state index in [9.17, 15) is 9.59 Å². The zero-order chi connectivity index (χ0) is 18.7. The van der Waals surface area contributed by atoms with Crippen LogP contribution in [0.3, 0.4) is 0 Å². The third-order valence-corrected chi connectivity index (χ3v) is 3.68. The second-order valence-electron chi connectivity index (χ2n) is 5.81. The van der Waals surface area contributed by atoms with Gasteiger partial charge in [0.2, 0.25) is 5.89 Å². The van der Waals surface area contributed by atoms with Crippen LogP contribution in [0.5, 0.6) is 0 Å². The largest absolute Gasteiger partial charge is 0.465 e. The number of carbonyl (C=O) groups excluding carboxylic acids is 2. The molecule has 7 heteroatoms. The first-order chi connectivity index (χ1) is 12.5. The third kappa shape index (κ3) is 3.77. The summed E-state index contributed by atoms with van der Waals surface area (Å²) in [5.74, 6) is -0.558. The Hall–Kier alpha value is -3.48. The number of rotatable bonds is 4. The minimum atomic E-state index is -0.466. The molecule has 1 aromatic heterocycles. The van der Waals surface area contributed by atoms with Crippen LogP contribution in [0.2, 0.25) is 0 Å². The van der Waals surface area contributed by atoms with Crippen LogP contribution in [0.25, 0.3) is 11.5 Å². The van der Waals surface area contributed by atoms with E-state index in [-0.39, 0.29) is 6.01 Å². The monoisotopic (exact) mass is 351 g/mol. The number of carbonyl (C=O) groups is 2. The van der Waals surface area contributed by atoms with E-state index >= 15 is 0 Å². The summed E-state index contributed by atoms with van der Waals surface area (Å²) in [6.45, 7) is 3.96. The van der Waals surface area contributed by atoms with Crippen molar-refractivity contribution in [3.63, 3.8) is 0 Å². The molecule has 0 atom stereocenters. The SMILES string of the molecule is COC(=O)c1ccc(C(=O)Nc2nnc(-c3cc(C)cc(C)c3)o2)cc1. The van der Waals surface area contributed by atoms with Crippen molar-refractivity contribution in [1.82, 2.24) is 10.2 Å². The van der Waals surface area contributed by atoms with E-state index in [1.807, 2.05) is 32.0 Å². The molecule has 1 N–H and O–H groups in total. The number of esters is 1. The van der Waals surface area contributed by atoms with Crippen molar-refractivity contribution in [2.75, 3.05) is 12.4 Å². The molecule has 2 aromatic carbocycles. The third-order valence-electron chi connectivity index (χ3n) is 3.68. The van der Waals surface area contributed by atoms with Gasteiger partial charge >= 0.3 is 12.0 Å². The Morgan fingerprint density at radius 1 is 0.962 bits per heavy atom. The van der Waals surface area contributed by atoms with E-state index < -0.39 is 11.9 Å². The second kappa shape index (κ2) is 7.18. The molecular weight excluding hydrogens is 334 g/mol. The fourth-order valence-electron chi connectivity index (χ4n) is 2.53. The molecule has 0 aliphatic carbocycles. The van der Waals surface area contributed by atoms with E-state index in [0.717, 1.165) is 16.7 Å². The number of hydrogen-bond acceptors (Lipinski definition) is 6. The maximum absolute atomic E-state index is 12.3. The van der Waals surface area contributed by atoms with Crippen LogP contribution in [0, 0.1) is 13.8 Å². The standard InChI is InChI=1S/C19H17N3O4/c1-11-8-12(2)10-15(9-11)17-21-22-19(26-17)20-16(23)13-4-6-14(7-5-13)18(24)25-3/h4-10H,1-3H3,(H,20,22,23). The molecule has 1 heterocycles. The van der Waals surface area contributed by atoms with Crippen molar-refractivity contribution >= 4 is 17.9 Å². The van der Waals surface area contributed by atoms with Gasteiger partial charge in [0.15, 0.2) is 0 Å². The van der Waals surface area contributed by atoms with Gasteiger partial charge in [-0.1, -0.05) is 22.3 Å². The van der Waals surface area contributed by atoms with Gasteiger partial charge in [-0.25, -0.2) is 4.79 Å². The summed E-state index contributed by atoms with van der Waals surface area (Å²) < 4.78 is 10.1. The first-order valence-corrected chi connectivity index (χ1v) is 7.88. The topological polar surface area (TPSA) is 94.3 Å². The quantitative estimate of drug-likeness (QED) is 0.724. The molecule has 1 amide bonds. The number of benzene rings is 2. The maximum Gasteiger partial charge on any atom is 0.337 e. The molecule has 132 valence electrons. The van der Waals surface area contributed by atoms with Gasteiger partial charge in [-0.05, 0) is 50.2 Å². The molecular formula is C19H17N3O4. The summed E-state index contributed by atoms with van der Waals surface area (Å²) in [5, 5.41) is 10.4. The van der Waals surface area contributed by atoms with Gasteiger partial charge in [-0.15, -0.1) is 5.10 Å². The van der Waals surface area contributed by atoms with E-state index in [1.54, 1.807) is 0 Å². The first-order valence-electron chi connectivity index (χ1n) is 7.88. The van der Waals surface area contributed by atoms with Crippen molar-refractivity contribution in [1.29, 1.82) is 0 Å². The van der Waals surface area contributed by atoms with Crippen LogP contribution >= 0.6 is 0 Å². The Balaban J connectivity index is 1.74. The smallest absolute Gasteiger partial charge is 0.337 e. The Morgan fingerprint density at radius 3 is 2.19 bits per heavy atom. The highest BCUT2D eigenvalue weighted by atomic mass is 16.5. The number of nitrogens with zero attached hydrogens (tertiary/aromatic N) is 2. The summed E-state index contributed by atoms with van der Waals surface area (Å²) in [5.41, 5.74) is 3.66. The van der Waals surface area contributed by atoms with Gasteiger partial charge in [0, 0.05) is 11.1 Å². The number of aryl methyl sites for hydroxylation is 2. The van der Waals surface area contributed by atoms with E-state index in [0.29, 0.717) is 17.0 Å². The molecule has 26 heavy (non-hydrogen) atoms. The van der Waals surface area contributed by atoms with Crippen LogP contribution in [0.1, 0.15) is 31.8 Å². The number of ether oxygens (including phenoxy) is 1.